The molecule has 0 unspecified atom stereocenters. The Bertz CT molecular complexity index is 361. The van der Waals surface area contributed by atoms with E-state index in [1.54, 1.807) is 19.2 Å². The van der Waals surface area contributed by atoms with Gasteiger partial charge in [0.1, 0.15) is 0 Å². The fourth-order valence-corrected chi connectivity index (χ4v) is 1.28. The first-order chi connectivity index (χ1) is 6.60. The summed E-state index contributed by atoms with van der Waals surface area (Å²) in [5.74, 6) is -0.348. The number of hydrogen-bond acceptors (Lipinski definition) is 4. The number of ether oxygens (including phenoxy) is 1. The van der Waals surface area contributed by atoms with Crippen LogP contribution in [0.15, 0.2) is 12.1 Å². The SMILES string of the molecule is CNc1cc(C(=O)OC)c(C)cc1N. The summed E-state index contributed by atoms with van der Waals surface area (Å²) >= 11 is 0. The third kappa shape index (κ3) is 1.79. The van der Waals surface area contributed by atoms with Gasteiger partial charge < -0.3 is 15.8 Å². The van der Waals surface area contributed by atoms with Crippen LogP contribution in [0.25, 0.3) is 0 Å². The topological polar surface area (TPSA) is 64.3 Å². The van der Waals surface area contributed by atoms with Crippen LogP contribution in [0.3, 0.4) is 0 Å². The number of benzene rings is 1. The fourth-order valence-electron chi connectivity index (χ4n) is 1.28. The molecule has 1 aromatic carbocycles. The molecule has 76 valence electrons. The second-order valence-corrected chi connectivity index (χ2v) is 3.00. The molecule has 0 bridgehead atoms. The summed E-state index contributed by atoms with van der Waals surface area (Å²) in [6.07, 6.45) is 0. The van der Waals surface area contributed by atoms with Crippen LogP contribution in [0.2, 0.25) is 0 Å². The summed E-state index contributed by atoms with van der Waals surface area (Å²) in [6, 6.07) is 3.44. The van der Waals surface area contributed by atoms with Gasteiger partial charge in [-0.25, -0.2) is 4.79 Å². The van der Waals surface area contributed by atoms with Crippen LogP contribution in [-0.4, -0.2) is 20.1 Å². The normalized spacial score (nSPS) is 9.64. The molecule has 0 radical (unpaired) electrons. The summed E-state index contributed by atoms with van der Waals surface area (Å²) < 4.78 is 4.65. The van der Waals surface area contributed by atoms with E-state index >= 15 is 0 Å². The van der Waals surface area contributed by atoms with Crippen molar-refractivity contribution in [2.75, 3.05) is 25.2 Å². The van der Waals surface area contributed by atoms with Crippen molar-refractivity contribution in [2.45, 2.75) is 6.92 Å². The minimum absolute atomic E-state index is 0.348. The molecule has 0 fully saturated rings. The lowest BCUT2D eigenvalue weighted by atomic mass is 10.1. The van der Waals surface area contributed by atoms with Gasteiger partial charge in [0.15, 0.2) is 0 Å². The Morgan fingerprint density at radius 3 is 2.64 bits per heavy atom. The van der Waals surface area contributed by atoms with Crippen LogP contribution in [0.1, 0.15) is 15.9 Å². The number of esters is 1. The van der Waals surface area contributed by atoms with E-state index < -0.39 is 0 Å². The minimum atomic E-state index is -0.348. The molecule has 0 amide bonds. The van der Waals surface area contributed by atoms with E-state index in [0.29, 0.717) is 11.3 Å². The number of anilines is 2. The first kappa shape index (κ1) is 10.4. The van der Waals surface area contributed by atoms with Gasteiger partial charge in [0.25, 0.3) is 0 Å². The summed E-state index contributed by atoms with van der Waals surface area (Å²) in [6.45, 7) is 1.82. The quantitative estimate of drug-likeness (QED) is 0.552. The van der Waals surface area contributed by atoms with Gasteiger partial charge >= 0.3 is 5.97 Å². The van der Waals surface area contributed by atoms with Gasteiger partial charge in [0.2, 0.25) is 0 Å². The van der Waals surface area contributed by atoms with Crippen molar-refractivity contribution in [3.05, 3.63) is 23.3 Å². The lowest BCUT2D eigenvalue weighted by molar-refractivity contribution is 0.0600. The number of carbonyl (C=O) groups is 1. The number of rotatable bonds is 2. The molecule has 0 spiro atoms. The molecular formula is C10H14N2O2. The van der Waals surface area contributed by atoms with Crippen molar-refractivity contribution in [3.8, 4) is 0 Å². The molecule has 14 heavy (non-hydrogen) atoms. The van der Waals surface area contributed by atoms with Crippen molar-refractivity contribution in [2.24, 2.45) is 0 Å². The Morgan fingerprint density at radius 2 is 2.14 bits per heavy atom. The Labute approximate surface area is 83.1 Å². The maximum Gasteiger partial charge on any atom is 0.338 e. The van der Waals surface area contributed by atoms with Crippen molar-refractivity contribution in [1.82, 2.24) is 0 Å². The highest BCUT2D eigenvalue weighted by molar-refractivity contribution is 5.93. The zero-order chi connectivity index (χ0) is 10.7. The smallest absolute Gasteiger partial charge is 0.338 e. The molecule has 0 aliphatic heterocycles. The van der Waals surface area contributed by atoms with Gasteiger partial charge in [-0.1, -0.05) is 0 Å². The predicted octanol–water partition coefficient (Wildman–Crippen LogP) is 1.41. The molecule has 0 saturated carbocycles. The van der Waals surface area contributed by atoms with Gasteiger partial charge in [0, 0.05) is 7.05 Å². The minimum Gasteiger partial charge on any atom is -0.465 e. The summed E-state index contributed by atoms with van der Waals surface area (Å²) in [7, 11) is 3.11. The molecule has 1 rings (SSSR count). The van der Waals surface area contributed by atoms with Gasteiger partial charge in [-0.05, 0) is 24.6 Å². The number of methoxy groups -OCH3 is 1. The zero-order valence-corrected chi connectivity index (χ0v) is 8.55. The molecule has 1 aromatic rings. The van der Waals surface area contributed by atoms with Gasteiger partial charge in [-0.3, -0.25) is 0 Å². The Balaban J connectivity index is 3.24. The number of aryl methyl sites for hydroxylation is 1. The highest BCUT2D eigenvalue weighted by Gasteiger charge is 2.11. The van der Waals surface area contributed by atoms with Gasteiger partial charge in [-0.2, -0.15) is 0 Å². The molecule has 0 aromatic heterocycles. The average molecular weight is 194 g/mol. The largest absolute Gasteiger partial charge is 0.465 e. The number of carbonyl (C=O) groups excluding carboxylic acids is 1. The molecule has 4 nitrogen and oxygen atoms in total. The standard InChI is InChI=1S/C10H14N2O2/c1-6-4-8(11)9(12-2)5-7(6)10(13)14-3/h4-5,12H,11H2,1-3H3. The van der Waals surface area contributed by atoms with E-state index in [1.165, 1.54) is 7.11 Å². The molecule has 0 saturated heterocycles. The van der Waals surface area contributed by atoms with E-state index in [2.05, 4.69) is 10.1 Å². The Kier molecular flexibility index (Phi) is 2.96. The van der Waals surface area contributed by atoms with Crippen molar-refractivity contribution in [1.29, 1.82) is 0 Å². The van der Waals surface area contributed by atoms with Gasteiger partial charge in [0.05, 0.1) is 24.0 Å². The van der Waals surface area contributed by atoms with Crippen LogP contribution >= 0.6 is 0 Å². The zero-order valence-electron chi connectivity index (χ0n) is 8.55. The third-order valence-corrected chi connectivity index (χ3v) is 2.07. The van der Waals surface area contributed by atoms with E-state index in [1.807, 2.05) is 6.92 Å². The molecular weight excluding hydrogens is 180 g/mol. The summed E-state index contributed by atoms with van der Waals surface area (Å²) in [5.41, 5.74) is 8.43. The van der Waals surface area contributed by atoms with Crippen LogP contribution in [0.4, 0.5) is 11.4 Å². The number of nitrogens with two attached hydrogens (primary N) is 1. The van der Waals surface area contributed by atoms with Crippen molar-refractivity contribution in [3.63, 3.8) is 0 Å². The first-order valence-corrected chi connectivity index (χ1v) is 4.26. The molecule has 0 atom stereocenters. The number of nitrogens with one attached hydrogen (secondary N) is 1. The average Bonchev–Trinajstić information content (AvgIpc) is 2.17. The maximum atomic E-state index is 11.3. The highest BCUT2D eigenvalue weighted by atomic mass is 16.5. The van der Waals surface area contributed by atoms with Crippen LogP contribution in [0, 0.1) is 6.92 Å². The van der Waals surface area contributed by atoms with E-state index in [0.717, 1.165) is 11.3 Å². The summed E-state index contributed by atoms with van der Waals surface area (Å²) in [4.78, 5) is 11.3. The van der Waals surface area contributed by atoms with E-state index in [4.69, 9.17) is 5.73 Å². The maximum absolute atomic E-state index is 11.3. The van der Waals surface area contributed by atoms with Crippen LogP contribution < -0.4 is 11.1 Å². The number of nitrogen functional groups attached to an aromatic ring is 1. The molecule has 0 heterocycles. The third-order valence-electron chi connectivity index (χ3n) is 2.07. The lowest BCUT2D eigenvalue weighted by Gasteiger charge is -2.09. The van der Waals surface area contributed by atoms with Crippen molar-refractivity contribution < 1.29 is 9.53 Å². The predicted molar refractivity (Wildman–Crippen MR) is 56.5 cm³/mol. The molecule has 0 aliphatic rings. The van der Waals surface area contributed by atoms with E-state index in [-0.39, 0.29) is 5.97 Å². The van der Waals surface area contributed by atoms with Gasteiger partial charge in [-0.15, -0.1) is 0 Å². The molecule has 0 aliphatic carbocycles. The summed E-state index contributed by atoms with van der Waals surface area (Å²) in [5, 5.41) is 2.91. The first-order valence-electron chi connectivity index (χ1n) is 4.26. The molecule has 3 N–H and O–H groups in total. The van der Waals surface area contributed by atoms with Crippen LogP contribution in [0.5, 0.6) is 0 Å². The highest BCUT2D eigenvalue weighted by Crippen LogP contribution is 2.23. The Morgan fingerprint density at radius 1 is 1.50 bits per heavy atom. The fraction of sp³-hybridized carbons (Fsp3) is 0.300. The second-order valence-electron chi connectivity index (χ2n) is 3.00. The second kappa shape index (κ2) is 4.00. The molecule has 4 heteroatoms. The Hall–Kier alpha value is -1.71. The lowest BCUT2D eigenvalue weighted by Crippen LogP contribution is -2.06. The van der Waals surface area contributed by atoms with E-state index in [9.17, 15) is 4.79 Å². The monoisotopic (exact) mass is 194 g/mol. The van der Waals surface area contributed by atoms with Crippen molar-refractivity contribution >= 4 is 17.3 Å². The number of hydrogen-bond donors (Lipinski definition) is 2. The van der Waals surface area contributed by atoms with Crippen LogP contribution in [-0.2, 0) is 4.74 Å².